The van der Waals surface area contributed by atoms with Gasteiger partial charge in [0.2, 0.25) is 0 Å². The summed E-state index contributed by atoms with van der Waals surface area (Å²) in [6, 6.07) is 34.2. The van der Waals surface area contributed by atoms with Gasteiger partial charge >= 0.3 is 5.97 Å². The number of nitrogens with zero attached hydrogens (tertiary/aromatic N) is 1. The van der Waals surface area contributed by atoms with Gasteiger partial charge in [-0.3, -0.25) is 9.78 Å². The number of carbonyl (C=O) groups is 2. The van der Waals surface area contributed by atoms with E-state index in [-0.39, 0.29) is 30.3 Å². The predicted octanol–water partition coefficient (Wildman–Crippen LogP) is 7.21. The summed E-state index contributed by atoms with van der Waals surface area (Å²) in [6.07, 6.45) is 2.61. The van der Waals surface area contributed by atoms with Crippen molar-refractivity contribution in [2.75, 3.05) is 5.75 Å². The highest BCUT2D eigenvalue weighted by Crippen LogP contribution is 2.40. The van der Waals surface area contributed by atoms with Gasteiger partial charge in [0.25, 0.3) is 5.91 Å². The average molecular weight is 647 g/mol. The number of carboxylic acids is 1. The van der Waals surface area contributed by atoms with Crippen LogP contribution >= 0.6 is 11.8 Å². The van der Waals surface area contributed by atoms with Crippen LogP contribution in [-0.2, 0) is 22.6 Å². The second kappa shape index (κ2) is 15.2. The molecular formula is C38H34N2O6S. The largest absolute Gasteiger partial charge is 0.478 e. The van der Waals surface area contributed by atoms with Gasteiger partial charge in [0, 0.05) is 41.6 Å². The number of aliphatic hydroxyl groups is 1. The molecule has 1 fully saturated rings. The summed E-state index contributed by atoms with van der Waals surface area (Å²) in [5, 5.41) is 22.2. The third kappa shape index (κ3) is 8.14. The van der Waals surface area contributed by atoms with Gasteiger partial charge in [0.15, 0.2) is 6.29 Å². The zero-order valence-corrected chi connectivity index (χ0v) is 26.3. The van der Waals surface area contributed by atoms with E-state index in [0.717, 1.165) is 33.4 Å². The number of aromatic carboxylic acids is 1. The Hall–Kier alpha value is -4.80. The Bertz CT molecular complexity index is 1830. The molecule has 6 rings (SSSR count). The van der Waals surface area contributed by atoms with Crippen molar-refractivity contribution in [3.05, 3.63) is 155 Å². The molecule has 4 aromatic carbocycles. The van der Waals surface area contributed by atoms with Crippen LogP contribution in [0.2, 0.25) is 0 Å². The molecule has 1 aliphatic rings. The molecule has 3 N–H and O–H groups in total. The van der Waals surface area contributed by atoms with E-state index in [4.69, 9.17) is 9.47 Å². The highest BCUT2D eigenvalue weighted by atomic mass is 32.2. The molecule has 0 unspecified atom stereocenters. The number of nitrogens with one attached hydrogen (secondary N) is 1. The first-order chi connectivity index (χ1) is 23.0. The molecule has 0 saturated carbocycles. The van der Waals surface area contributed by atoms with E-state index in [1.54, 1.807) is 36.7 Å². The number of rotatable bonds is 11. The lowest BCUT2D eigenvalue weighted by atomic mass is 9.99. The molecule has 47 heavy (non-hydrogen) atoms. The number of ether oxygens (including phenoxy) is 2. The molecular weight excluding hydrogens is 612 g/mol. The third-order valence-electron chi connectivity index (χ3n) is 7.95. The standard InChI is InChI=1S/C38H34N2O6S/c41-23-25-13-15-27(16-14-25)34-20-32(24-47-35-12-2-1-11-33(35)37(43)44)45-38(46-34)30-9-4-8-29(19-30)28-7-3-6-26(18-28)21-40-36(42)31-10-5-17-39-22-31/h1-19,22,32,34,38,41H,20-21,23-24H2,(H,40,42)(H,43,44)/t32-,34+,38+/m0/s1. The number of benzene rings is 4. The van der Waals surface area contributed by atoms with Gasteiger partial charge in [-0.05, 0) is 64.2 Å². The number of amides is 1. The van der Waals surface area contributed by atoms with E-state index in [9.17, 15) is 19.8 Å². The Morgan fingerprint density at radius 3 is 2.38 bits per heavy atom. The topological polar surface area (TPSA) is 118 Å². The lowest BCUT2D eigenvalue weighted by molar-refractivity contribution is -0.245. The Kier molecular flexibility index (Phi) is 10.4. The fraction of sp³-hybridized carbons (Fsp3) is 0.184. The summed E-state index contributed by atoms with van der Waals surface area (Å²) < 4.78 is 13.1. The van der Waals surface area contributed by atoms with E-state index < -0.39 is 12.3 Å². The average Bonchev–Trinajstić information content (AvgIpc) is 3.13. The summed E-state index contributed by atoms with van der Waals surface area (Å²) >= 11 is 1.46. The number of pyridine rings is 1. The minimum absolute atomic E-state index is 0.0370. The molecule has 2 heterocycles. The van der Waals surface area contributed by atoms with Crippen LogP contribution in [0.3, 0.4) is 0 Å². The van der Waals surface area contributed by atoms with Crippen molar-refractivity contribution in [2.45, 2.75) is 43.0 Å². The maximum Gasteiger partial charge on any atom is 0.336 e. The zero-order valence-electron chi connectivity index (χ0n) is 25.5. The second-order valence-electron chi connectivity index (χ2n) is 11.2. The van der Waals surface area contributed by atoms with Gasteiger partial charge in [-0.15, -0.1) is 11.8 Å². The molecule has 0 radical (unpaired) electrons. The molecule has 238 valence electrons. The Morgan fingerprint density at radius 1 is 0.830 bits per heavy atom. The number of aromatic nitrogens is 1. The number of carbonyl (C=O) groups excluding carboxylic acids is 1. The molecule has 0 aliphatic carbocycles. The first-order valence-electron chi connectivity index (χ1n) is 15.3. The van der Waals surface area contributed by atoms with E-state index >= 15 is 0 Å². The molecule has 3 atom stereocenters. The molecule has 1 aromatic heterocycles. The van der Waals surface area contributed by atoms with Gasteiger partial charge < -0.3 is 25.0 Å². The first-order valence-corrected chi connectivity index (χ1v) is 16.3. The minimum atomic E-state index is -0.961. The molecule has 0 spiro atoms. The fourth-order valence-electron chi connectivity index (χ4n) is 5.48. The van der Waals surface area contributed by atoms with Crippen molar-refractivity contribution >= 4 is 23.6 Å². The van der Waals surface area contributed by atoms with Crippen molar-refractivity contribution in [3.63, 3.8) is 0 Å². The van der Waals surface area contributed by atoms with Crippen LogP contribution in [0.1, 0.15) is 61.8 Å². The van der Waals surface area contributed by atoms with Crippen LogP contribution in [0.5, 0.6) is 0 Å². The smallest absolute Gasteiger partial charge is 0.336 e. The van der Waals surface area contributed by atoms with Gasteiger partial charge in [-0.25, -0.2) is 4.79 Å². The number of thioether (sulfide) groups is 1. The second-order valence-corrected chi connectivity index (χ2v) is 12.3. The van der Waals surface area contributed by atoms with Crippen LogP contribution in [0.15, 0.2) is 126 Å². The number of carboxylic acid groups (broad SMARTS) is 1. The Labute approximate surface area is 277 Å². The highest BCUT2D eigenvalue weighted by molar-refractivity contribution is 7.99. The first kappa shape index (κ1) is 32.2. The molecule has 1 aliphatic heterocycles. The molecule has 0 bridgehead atoms. The summed E-state index contributed by atoms with van der Waals surface area (Å²) in [4.78, 5) is 29.0. The van der Waals surface area contributed by atoms with Crippen LogP contribution in [-0.4, -0.2) is 38.9 Å². The Balaban J connectivity index is 1.21. The van der Waals surface area contributed by atoms with Crippen molar-refractivity contribution in [1.29, 1.82) is 0 Å². The van der Waals surface area contributed by atoms with Gasteiger partial charge in [-0.1, -0.05) is 72.8 Å². The lowest BCUT2D eigenvalue weighted by Crippen LogP contribution is -2.31. The summed E-state index contributed by atoms with van der Waals surface area (Å²) in [5.41, 5.74) is 6.36. The Morgan fingerprint density at radius 2 is 1.62 bits per heavy atom. The van der Waals surface area contributed by atoms with E-state index in [1.165, 1.54) is 11.8 Å². The SMILES string of the molecule is O=C(NCc1cccc(-c2cccc([C@@H]3O[C@H](CSc4ccccc4C(=O)O)C[C@H](c4ccc(CO)cc4)O3)c2)c1)c1cccnc1. The van der Waals surface area contributed by atoms with Crippen molar-refractivity contribution in [2.24, 2.45) is 0 Å². The van der Waals surface area contributed by atoms with Gasteiger partial charge in [-0.2, -0.15) is 0 Å². The monoisotopic (exact) mass is 646 g/mol. The van der Waals surface area contributed by atoms with Crippen LogP contribution in [0, 0.1) is 0 Å². The van der Waals surface area contributed by atoms with Crippen molar-refractivity contribution in [1.82, 2.24) is 10.3 Å². The van der Waals surface area contributed by atoms with E-state index in [1.807, 2.05) is 72.8 Å². The van der Waals surface area contributed by atoms with Gasteiger partial charge in [0.05, 0.1) is 29.9 Å². The minimum Gasteiger partial charge on any atom is -0.478 e. The molecule has 1 amide bonds. The van der Waals surface area contributed by atoms with Crippen LogP contribution in [0.4, 0.5) is 0 Å². The summed E-state index contributed by atoms with van der Waals surface area (Å²) in [6.45, 7) is 0.335. The van der Waals surface area contributed by atoms with E-state index in [0.29, 0.717) is 29.2 Å². The quantitative estimate of drug-likeness (QED) is 0.129. The van der Waals surface area contributed by atoms with E-state index in [2.05, 4.69) is 22.4 Å². The van der Waals surface area contributed by atoms with Crippen molar-refractivity contribution < 1.29 is 29.3 Å². The number of hydrogen-bond acceptors (Lipinski definition) is 7. The van der Waals surface area contributed by atoms with Crippen molar-refractivity contribution in [3.8, 4) is 11.1 Å². The number of hydrogen-bond donors (Lipinski definition) is 3. The maximum absolute atomic E-state index is 12.5. The normalized spacial score (nSPS) is 17.6. The number of aliphatic hydroxyl groups excluding tert-OH is 1. The van der Waals surface area contributed by atoms with Crippen LogP contribution < -0.4 is 5.32 Å². The highest BCUT2D eigenvalue weighted by Gasteiger charge is 2.32. The molecule has 9 heteroatoms. The predicted molar refractivity (Wildman–Crippen MR) is 180 cm³/mol. The summed E-state index contributed by atoms with van der Waals surface area (Å²) in [5.74, 6) is -0.601. The zero-order chi connectivity index (χ0) is 32.6. The van der Waals surface area contributed by atoms with Crippen LogP contribution in [0.25, 0.3) is 11.1 Å². The lowest BCUT2D eigenvalue weighted by Gasteiger charge is -2.36. The molecule has 8 nitrogen and oxygen atoms in total. The molecule has 5 aromatic rings. The van der Waals surface area contributed by atoms with Gasteiger partial charge in [0.1, 0.15) is 0 Å². The third-order valence-corrected chi connectivity index (χ3v) is 9.16. The fourth-order valence-corrected chi connectivity index (χ4v) is 6.55. The maximum atomic E-state index is 12.5. The summed E-state index contributed by atoms with van der Waals surface area (Å²) in [7, 11) is 0. The molecule has 1 saturated heterocycles.